The molecule has 0 fully saturated rings. The second-order valence-electron chi connectivity index (χ2n) is 6.19. The zero-order chi connectivity index (χ0) is 17.8. The first-order chi connectivity index (χ1) is 12.0. The molecule has 3 rings (SSSR count). The fourth-order valence-corrected chi connectivity index (χ4v) is 2.72. The van der Waals surface area contributed by atoms with Crippen LogP contribution in [0.3, 0.4) is 0 Å². The van der Waals surface area contributed by atoms with Crippen molar-refractivity contribution in [1.29, 1.82) is 0 Å². The number of rotatable bonds is 5. The van der Waals surface area contributed by atoms with Crippen molar-refractivity contribution in [3.05, 3.63) is 48.3 Å². The molecule has 0 radical (unpaired) electrons. The highest BCUT2D eigenvalue weighted by atomic mass is 16.2. The van der Waals surface area contributed by atoms with E-state index in [4.69, 9.17) is 0 Å². The Morgan fingerprint density at radius 3 is 2.88 bits per heavy atom. The fourth-order valence-electron chi connectivity index (χ4n) is 2.72. The van der Waals surface area contributed by atoms with Gasteiger partial charge in [0.25, 0.3) is 5.91 Å². The quantitative estimate of drug-likeness (QED) is 0.903. The van der Waals surface area contributed by atoms with Gasteiger partial charge in [-0.25, -0.2) is 5.01 Å². The van der Waals surface area contributed by atoms with Crippen LogP contribution in [-0.4, -0.2) is 33.3 Å². The minimum atomic E-state index is -0.246. The predicted molar refractivity (Wildman–Crippen MR) is 95.2 cm³/mol. The number of hydrogen-bond donors (Lipinski definition) is 1. The molecular weight excluding hydrogens is 318 g/mol. The van der Waals surface area contributed by atoms with Crippen molar-refractivity contribution in [3.8, 4) is 0 Å². The molecule has 1 aliphatic heterocycles. The third-order valence-electron chi connectivity index (χ3n) is 3.94. The van der Waals surface area contributed by atoms with Gasteiger partial charge < -0.3 is 5.32 Å². The van der Waals surface area contributed by atoms with Crippen molar-refractivity contribution in [2.45, 2.75) is 39.3 Å². The molecule has 2 heterocycles. The summed E-state index contributed by atoms with van der Waals surface area (Å²) in [5.41, 5.74) is 2.08. The number of nitrogens with one attached hydrogen (secondary N) is 1. The summed E-state index contributed by atoms with van der Waals surface area (Å²) in [7, 11) is 0. The van der Waals surface area contributed by atoms with E-state index in [1.54, 1.807) is 10.9 Å². The largest absolute Gasteiger partial charge is 0.347 e. The lowest BCUT2D eigenvalue weighted by Gasteiger charge is -2.24. The van der Waals surface area contributed by atoms with Gasteiger partial charge in [-0.3, -0.25) is 14.3 Å². The van der Waals surface area contributed by atoms with E-state index in [0.717, 1.165) is 5.56 Å². The van der Waals surface area contributed by atoms with Crippen LogP contribution < -0.4 is 10.3 Å². The lowest BCUT2D eigenvalue weighted by molar-refractivity contribution is -0.119. The van der Waals surface area contributed by atoms with Gasteiger partial charge in [-0.2, -0.15) is 10.2 Å². The molecule has 1 atom stereocenters. The highest BCUT2D eigenvalue weighted by molar-refractivity contribution is 6.40. The van der Waals surface area contributed by atoms with E-state index in [-0.39, 0.29) is 24.3 Å². The van der Waals surface area contributed by atoms with Gasteiger partial charge in [0.1, 0.15) is 5.71 Å². The summed E-state index contributed by atoms with van der Waals surface area (Å²) < 4.78 is 1.76. The summed E-state index contributed by atoms with van der Waals surface area (Å²) in [6.07, 6.45) is 4.17. The predicted octanol–water partition coefficient (Wildman–Crippen LogP) is 1.88. The van der Waals surface area contributed by atoms with Crippen LogP contribution in [-0.2, 0) is 16.1 Å². The minimum Gasteiger partial charge on any atom is -0.347 e. The number of anilines is 1. The normalized spacial score (nSPS) is 15.7. The molecule has 7 heteroatoms. The van der Waals surface area contributed by atoms with Crippen LogP contribution in [0.5, 0.6) is 0 Å². The minimum absolute atomic E-state index is 0.0971. The molecule has 0 saturated carbocycles. The number of carbonyl (C=O) groups is 2. The van der Waals surface area contributed by atoms with Crippen molar-refractivity contribution in [2.24, 2.45) is 5.10 Å². The zero-order valence-corrected chi connectivity index (χ0v) is 14.3. The Labute approximate surface area is 146 Å². The second kappa shape index (κ2) is 7.29. The molecular formula is C18H21N5O2. The average molecular weight is 339 g/mol. The molecule has 1 aliphatic rings. The Hall–Kier alpha value is -2.96. The van der Waals surface area contributed by atoms with Crippen LogP contribution in [0.1, 0.15) is 25.3 Å². The van der Waals surface area contributed by atoms with Crippen molar-refractivity contribution in [3.63, 3.8) is 0 Å². The molecule has 130 valence electrons. The number of benzene rings is 1. The van der Waals surface area contributed by atoms with Crippen LogP contribution in [0.15, 0.2) is 47.8 Å². The van der Waals surface area contributed by atoms with Gasteiger partial charge in [-0.1, -0.05) is 12.1 Å². The first-order valence-electron chi connectivity index (χ1n) is 8.28. The average Bonchev–Trinajstić information content (AvgIpc) is 3.08. The van der Waals surface area contributed by atoms with Crippen molar-refractivity contribution in [2.75, 3.05) is 5.01 Å². The topological polar surface area (TPSA) is 79.6 Å². The molecule has 2 aromatic rings. The van der Waals surface area contributed by atoms with Crippen LogP contribution in [0.2, 0.25) is 0 Å². The smallest absolute Gasteiger partial charge is 0.267 e. The molecule has 0 bridgehead atoms. The van der Waals surface area contributed by atoms with Gasteiger partial charge in [0.05, 0.1) is 12.2 Å². The SMILES string of the molecule is Cc1cccc(N2N=C(C(=O)NC(C)Cn3cccn3)CCC2=O)c1. The highest BCUT2D eigenvalue weighted by Gasteiger charge is 2.26. The van der Waals surface area contributed by atoms with E-state index in [1.807, 2.05) is 50.4 Å². The maximum Gasteiger partial charge on any atom is 0.267 e. The first-order valence-corrected chi connectivity index (χ1v) is 8.28. The van der Waals surface area contributed by atoms with Crippen LogP contribution in [0, 0.1) is 6.92 Å². The van der Waals surface area contributed by atoms with Gasteiger partial charge in [0.15, 0.2) is 0 Å². The molecule has 0 spiro atoms. The van der Waals surface area contributed by atoms with Gasteiger partial charge in [0, 0.05) is 31.3 Å². The molecule has 1 aromatic heterocycles. The van der Waals surface area contributed by atoms with E-state index in [9.17, 15) is 9.59 Å². The fraction of sp³-hybridized carbons (Fsp3) is 0.333. The second-order valence-corrected chi connectivity index (χ2v) is 6.19. The summed E-state index contributed by atoms with van der Waals surface area (Å²) in [4.78, 5) is 24.7. The molecule has 1 N–H and O–H groups in total. The van der Waals surface area contributed by atoms with E-state index in [2.05, 4.69) is 15.5 Å². The summed E-state index contributed by atoms with van der Waals surface area (Å²) in [6, 6.07) is 9.25. The lowest BCUT2D eigenvalue weighted by Crippen LogP contribution is -2.43. The lowest BCUT2D eigenvalue weighted by atomic mass is 10.1. The summed E-state index contributed by atoms with van der Waals surface area (Å²) in [5, 5.41) is 12.7. The number of nitrogens with zero attached hydrogens (tertiary/aromatic N) is 4. The van der Waals surface area contributed by atoms with Gasteiger partial charge >= 0.3 is 0 Å². The molecule has 2 amide bonds. The molecule has 0 saturated heterocycles. The third kappa shape index (κ3) is 4.12. The van der Waals surface area contributed by atoms with Gasteiger partial charge in [0.2, 0.25) is 5.91 Å². The zero-order valence-electron chi connectivity index (χ0n) is 14.3. The summed E-state index contributed by atoms with van der Waals surface area (Å²) >= 11 is 0. The number of hydrazone groups is 1. The van der Waals surface area contributed by atoms with Gasteiger partial charge in [-0.05, 0) is 37.6 Å². The van der Waals surface area contributed by atoms with E-state index < -0.39 is 0 Å². The van der Waals surface area contributed by atoms with Crippen LogP contribution >= 0.6 is 0 Å². The Morgan fingerprint density at radius 2 is 2.16 bits per heavy atom. The standard InChI is InChI=1S/C18H21N5O2/c1-13-5-3-6-15(11-13)23-17(24)8-7-16(21-23)18(25)20-14(2)12-22-10-4-9-19-22/h3-6,9-11,14H,7-8,12H2,1-2H3,(H,20,25). The number of aromatic nitrogens is 2. The summed E-state index contributed by atoms with van der Waals surface area (Å²) in [6.45, 7) is 4.44. The maximum absolute atomic E-state index is 12.5. The number of amides is 2. The van der Waals surface area contributed by atoms with Gasteiger partial charge in [-0.15, -0.1) is 0 Å². The number of aryl methyl sites for hydroxylation is 1. The Morgan fingerprint density at radius 1 is 1.32 bits per heavy atom. The Kier molecular flexibility index (Phi) is 4.92. The van der Waals surface area contributed by atoms with Crippen molar-refractivity contribution < 1.29 is 9.59 Å². The van der Waals surface area contributed by atoms with Crippen molar-refractivity contribution >= 4 is 23.2 Å². The Balaban J connectivity index is 1.71. The highest BCUT2D eigenvalue weighted by Crippen LogP contribution is 2.21. The van der Waals surface area contributed by atoms with Crippen LogP contribution in [0.25, 0.3) is 0 Å². The Bertz CT molecular complexity index is 798. The molecule has 25 heavy (non-hydrogen) atoms. The number of hydrogen-bond acceptors (Lipinski definition) is 4. The van der Waals surface area contributed by atoms with E-state index in [0.29, 0.717) is 24.4 Å². The van der Waals surface area contributed by atoms with E-state index >= 15 is 0 Å². The monoisotopic (exact) mass is 339 g/mol. The van der Waals surface area contributed by atoms with Crippen molar-refractivity contribution in [1.82, 2.24) is 15.1 Å². The first kappa shape index (κ1) is 16.9. The molecule has 1 aromatic carbocycles. The molecule has 1 unspecified atom stereocenters. The van der Waals surface area contributed by atoms with Crippen LogP contribution in [0.4, 0.5) is 5.69 Å². The summed E-state index contributed by atoms with van der Waals surface area (Å²) in [5.74, 6) is -0.350. The van der Waals surface area contributed by atoms with E-state index in [1.165, 1.54) is 5.01 Å². The molecule has 0 aliphatic carbocycles. The molecule has 7 nitrogen and oxygen atoms in total. The third-order valence-corrected chi connectivity index (χ3v) is 3.94. The maximum atomic E-state index is 12.5. The number of carbonyl (C=O) groups excluding carboxylic acids is 2.